The van der Waals surface area contributed by atoms with Crippen LogP contribution in [0.25, 0.3) is 10.9 Å². The molecule has 9 heteroatoms. The minimum absolute atomic E-state index is 0.321. The summed E-state index contributed by atoms with van der Waals surface area (Å²) < 4.78 is 1.37. The standard InChI is InChI=1S/C12H10N6O2S/c1-18-12(16-9(19)10(20)17-18)21-11-7-4-6(13)2-3-8(7)14-5-15-11/h2-5H,13H2,1H3,(H,17,20). The van der Waals surface area contributed by atoms with Gasteiger partial charge in [-0.05, 0) is 30.0 Å². The molecule has 3 rings (SSSR count). The number of aromatic amines is 1. The molecule has 0 aliphatic rings. The molecule has 0 fully saturated rings. The fraction of sp³-hybridized carbons (Fsp3) is 0.0833. The van der Waals surface area contributed by atoms with Gasteiger partial charge in [0.25, 0.3) is 0 Å². The van der Waals surface area contributed by atoms with Crippen LogP contribution in [0.5, 0.6) is 0 Å². The fourth-order valence-corrected chi connectivity index (χ4v) is 2.63. The van der Waals surface area contributed by atoms with E-state index in [-0.39, 0.29) is 0 Å². The molecule has 0 saturated heterocycles. The largest absolute Gasteiger partial charge is 0.399 e. The number of fused-ring (bicyclic) bond motifs is 1. The summed E-state index contributed by atoms with van der Waals surface area (Å²) in [6.07, 6.45) is 1.42. The van der Waals surface area contributed by atoms with Crippen molar-refractivity contribution in [3.8, 4) is 0 Å². The molecule has 1 aromatic carbocycles. The van der Waals surface area contributed by atoms with Gasteiger partial charge in [0.2, 0.25) is 0 Å². The maximum absolute atomic E-state index is 11.4. The van der Waals surface area contributed by atoms with E-state index in [9.17, 15) is 9.59 Å². The molecule has 8 nitrogen and oxygen atoms in total. The molecule has 0 amide bonds. The average Bonchev–Trinajstić information content (AvgIpc) is 2.45. The van der Waals surface area contributed by atoms with Gasteiger partial charge in [-0.2, -0.15) is 4.98 Å². The Morgan fingerprint density at radius 1 is 1.29 bits per heavy atom. The van der Waals surface area contributed by atoms with Gasteiger partial charge in [-0.15, -0.1) is 0 Å². The van der Waals surface area contributed by atoms with Gasteiger partial charge in [0.1, 0.15) is 11.4 Å². The number of anilines is 1. The van der Waals surface area contributed by atoms with Crippen molar-refractivity contribution in [1.29, 1.82) is 0 Å². The van der Waals surface area contributed by atoms with Gasteiger partial charge in [0, 0.05) is 18.1 Å². The second-order valence-electron chi connectivity index (χ2n) is 4.26. The summed E-state index contributed by atoms with van der Waals surface area (Å²) >= 11 is 1.15. The molecule has 106 valence electrons. The van der Waals surface area contributed by atoms with Gasteiger partial charge in [-0.25, -0.2) is 9.97 Å². The van der Waals surface area contributed by atoms with Gasteiger partial charge >= 0.3 is 11.1 Å². The number of H-pyrrole nitrogens is 1. The molecule has 0 bridgehead atoms. The lowest BCUT2D eigenvalue weighted by molar-refractivity contribution is 0.596. The Morgan fingerprint density at radius 2 is 2.10 bits per heavy atom. The van der Waals surface area contributed by atoms with Gasteiger partial charge in [-0.1, -0.05) is 0 Å². The number of aromatic nitrogens is 5. The predicted molar refractivity (Wildman–Crippen MR) is 78.2 cm³/mol. The van der Waals surface area contributed by atoms with Crippen LogP contribution >= 0.6 is 11.8 Å². The van der Waals surface area contributed by atoms with Gasteiger partial charge in [0.15, 0.2) is 5.16 Å². The van der Waals surface area contributed by atoms with E-state index in [1.165, 1.54) is 11.0 Å². The Bertz CT molecular complexity index is 948. The molecule has 0 aliphatic carbocycles. The zero-order valence-electron chi connectivity index (χ0n) is 10.9. The molecule has 2 aromatic heterocycles. The Kier molecular flexibility index (Phi) is 3.18. The van der Waals surface area contributed by atoms with E-state index >= 15 is 0 Å². The van der Waals surface area contributed by atoms with Crippen molar-refractivity contribution >= 4 is 28.4 Å². The molecule has 3 N–H and O–H groups in total. The summed E-state index contributed by atoms with van der Waals surface area (Å²) in [4.78, 5) is 34.6. The third-order valence-electron chi connectivity index (χ3n) is 2.76. The van der Waals surface area contributed by atoms with E-state index < -0.39 is 11.1 Å². The Labute approximate surface area is 122 Å². The molecule has 3 aromatic rings. The topological polar surface area (TPSA) is 120 Å². The molecule has 0 atom stereocenters. The quantitative estimate of drug-likeness (QED) is 0.392. The second-order valence-corrected chi connectivity index (χ2v) is 5.21. The summed E-state index contributed by atoms with van der Waals surface area (Å²) in [7, 11) is 1.59. The van der Waals surface area contributed by atoms with Gasteiger partial charge in [-0.3, -0.25) is 19.4 Å². The van der Waals surface area contributed by atoms with Crippen LogP contribution in [0.4, 0.5) is 5.69 Å². The fourth-order valence-electron chi connectivity index (χ4n) is 1.77. The number of benzene rings is 1. The highest BCUT2D eigenvalue weighted by atomic mass is 32.2. The Hall–Kier alpha value is -2.68. The number of rotatable bonds is 2. The van der Waals surface area contributed by atoms with E-state index in [4.69, 9.17) is 5.73 Å². The normalized spacial score (nSPS) is 10.9. The van der Waals surface area contributed by atoms with E-state index in [1.807, 2.05) is 0 Å². The molecule has 0 unspecified atom stereocenters. The van der Waals surface area contributed by atoms with Crippen LogP contribution < -0.4 is 16.9 Å². The maximum Gasteiger partial charge on any atom is 0.339 e. The lowest BCUT2D eigenvalue weighted by Crippen LogP contribution is -2.33. The lowest BCUT2D eigenvalue weighted by atomic mass is 10.2. The predicted octanol–water partition coefficient (Wildman–Crippen LogP) is 0.145. The van der Waals surface area contributed by atoms with E-state index in [0.717, 1.165) is 22.7 Å². The van der Waals surface area contributed by atoms with Crippen molar-refractivity contribution in [3.05, 3.63) is 45.2 Å². The minimum atomic E-state index is -0.839. The first-order valence-corrected chi connectivity index (χ1v) is 6.71. The van der Waals surface area contributed by atoms with Crippen LogP contribution in [-0.2, 0) is 7.05 Å². The van der Waals surface area contributed by atoms with Crippen molar-refractivity contribution in [2.45, 2.75) is 10.2 Å². The van der Waals surface area contributed by atoms with Crippen LogP contribution in [0, 0.1) is 0 Å². The second kappa shape index (κ2) is 5.02. The smallest absolute Gasteiger partial charge is 0.339 e. The summed E-state index contributed by atoms with van der Waals surface area (Å²) in [6.45, 7) is 0. The first-order valence-electron chi connectivity index (χ1n) is 5.90. The molecule has 21 heavy (non-hydrogen) atoms. The summed E-state index contributed by atoms with van der Waals surface area (Å²) in [5, 5.41) is 4.06. The number of nitrogens with two attached hydrogens (primary N) is 1. The highest BCUT2D eigenvalue weighted by molar-refractivity contribution is 7.99. The number of nitrogen functional groups attached to an aromatic ring is 1. The van der Waals surface area contributed by atoms with Crippen molar-refractivity contribution in [2.75, 3.05) is 5.73 Å². The average molecular weight is 302 g/mol. The zero-order chi connectivity index (χ0) is 15.0. The van der Waals surface area contributed by atoms with Crippen LogP contribution in [0.1, 0.15) is 0 Å². The highest BCUT2D eigenvalue weighted by Gasteiger charge is 2.10. The monoisotopic (exact) mass is 302 g/mol. The highest BCUT2D eigenvalue weighted by Crippen LogP contribution is 2.29. The number of aryl methyl sites for hydroxylation is 1. The summed E-state index contributed by atoms with van der Waals surface area (Å²) in [6, 6.07) is 5.29. The minimum Gasteiger partial charge on any atom is -0.399 e. The van der Waals surface area contributed by atoms with Gasteiger partial charge in [0.05, 0.1) is 5.52 Å². The molecule has 0 aliphatic heterocycles. The SMILES string of the molecule is Cn1[nH]c(=O)c(=O)nc1Sc1ncnc2ccc(N)cc12. The van der Waals surface area contributed by atoms with Crippen LogP contribution in [0.15, 0.2) is 44.3 Å². The van der Waals surface area contributed by atoms with E-state index in [1.54, 1.807) is 25.2 Å². The third-order valence-corrected chi connectivity index (χ3v) is 3.82. The van der Waals surface area contributed by atoms with Crippen molar-refractivity contribution < 1.29 is 0 Å². The summed E-state index contributed by atoms with van der Waals surface area (Å²) in [5.74, 6) is 0. The molecular formula is C12H10N6O2S. The van der Waals surface area contributed by atoms with Gasteiger partial charge < -0.3 is 5.73 Å². The van der Waals surface area contributed by atoms with Crippen LogP contribution in [0.2, 0.25) is 0 Å². The number of nitrogens with zero attached hydrogens (tertiary/aromatic N) is 4. The van der Waals surface area contributed by atoms with Crippen molar-refractivity contribution in [1.82, 2.24) is 24.7 Å². The van der Waals surface area contributed by atoms with E-state index in [0.29, 0.717) is 15.9 Å². The first kappa shape index (κ1) is 13.3. The number of nitrogens with one attached hydrogen (secondary N) is 1. The Morgan fingerprint density at radius 3 is 2.90 bits per heavy atom. The maximum atomic E-state index is 11.4. The summed E-state index contributed by atoms with van der Waals surface area (Å²) in [5.41, 5.74) is 5.49. The Balaban J connectivity index is 2.14. The molecule has 0 spiro atoms. The number of hydrogen-bond donors (Lipinski definition) is 2. The molecular weight excluding hydrogens is 292 g/mol. The first-order chi connectivity index (χ1) is 10.0. The number of hydrogen-bond acceptors (Lipinski definition) is 7. The zero-order valence-corrected chi connectivity index (χ0v) is 11.7. The lowest BCUT2D eigenvalue weighted by Gasteiger charge is -2.07. The molecule has 2 heterocycles. The van der Waals surface area contributed by atoms with E-state index in [2.05, 4.69) is 20.1 Å². The van der Waals surface area contributed by atoms with Crippen molar-refractivity contribution in [3.63, 3.8) is 0 Å². The van der Waals surface area contributed by atoms with Crippen LogP contribution in [-0.4, -0.2) is 24.7 Å². The van der Waals surface area contributed by atoms with Crippen LogP contribution in [0.3, 0.4) is 0 Å². The molecule has 0 radical (unpaired) electrons. The molecule has 0 saturated carbocycles. The third kappa shape index (κ3) is 2.50. The van der Waals surface area contributed by atoms with Crippen molar-refractivity contribution in [2.24, 2.45) is 7.05 Å².